The number of fused-ring (bicyclic) bond motifs is 3. The number of phenols is 1. The first-order chi connectivity index (χ1) is 16.2. The molecule has 0 aliphatic heterocycles. The molecule has 5 aromatic rings. The fraction of sp³-hybridized carbons (Fsp3) is 0.0625. The van der Waals surface area contributed by atoms with Gasteiger partial charge in [-0.1, -0.05) is 97.1 Å². The fourth-order valence-electron chi connectivity index (χ4n) is 5.18. The van der Waals surface area contributed by atoms with Gasteiger partial charge in [-0.2, -0.15) is 0 Å². The number of aromatic hydroxyl groups is 1. The van der Waals surface area contributed by atoms with Crippen molar-refractivity contribution in [1.82, 2.24) is 0 Å². The molecule has 0 radical (unpaired) electrons. The van der Waals surface area contributed by atoms with Gasteiger partial charge >= 0.3 is 0 Å². The van der Waals surface area contributed by atoms with Crippen molar-refractivity contribution < 1.29 is 5.11 Å². The van der Waals surface area contributed by atoms with Crippen molar-refractivity contribution in [3.8, 4) is 50.3 Å². The average molecular weight is 425 g/mol. The summed E-state index contributed by atoms with van der Waals surface area (Å²) >= 11 is 0. The van der Waals surface area contributed by atoms with Crippen LogP contribution in [0.1, 0.15) is 16.7 Å². The summed E-state index contributed by atoms with van der Waals surface area (Å²) in [5.74, 6) is 0.334. The van der Waals surface area contributed by atoms with E-state index in [2.05, 4.69) is 97.1 Å². The molecule has 0 bridgehead atoms. The van der Waals surface area contributed by atoms with Gasteiger partial charge in [0.25, 0.3) is 0 Å². The summed E-state index contributed by atoms with van der Waals surface area (Å²) in [6, 6.07) is 38.5. The Morgan fingerprint density at radius 1 is 0.515 bits per heavy atom. The molecule has 0 heterocycles. The summed E-state index contributed by atoms with van der Waals surface area (Å²) in [6.07, 6.45) is 0.908. The zero-order valence-corrected chi connectivity index (χ0v) is 18.5. The van der Waals surface area contributed by atoms with Crippen molar-refractivity contribution in [2.24, 2.45) is 0 Å². The first-order valence-electron chi connectivity index (χ1n) is 11.4. The van der Waals surface area contributed by atoms with E-state index >= 15 is 0 Å². The third-order valence-electron chi connectivity index (χ3n) is 6.79. The molecule has 158 valence electrons. The van der Waals surface area contributed by atoms with Crippen LogP contribution in [0.25, 0.3) is 44.5 Å². The minimum atomic E-state index is 0.334. The van der Waals surface area contributed by atoms with E-state index in [-0.39, 0.29) is 0 Å². The molecule has 0 fully saturated rings. The monoisotopic (exact) mass is 424 g/mol. The van der Waals surface area contributed by atoms with Gasteiger partial charge in [0.2, 0.25) is 0 Å². The van der Waals surface area contributed by atoms with Crippen molar-refractivity contribution >= 4 is 0 Å². The van der Waals surface area contributed by atoms with Gasteiger partial charge in [0.15, 0.2) is 0 Å². The molecule has 1 heteroatoms. The van der Waals surface area contributed by atoms with Gasteiger partial charge in [-0.25, -0.2) is 0 Å². The molecule has 5 aromatic carbocycles. The Morgan fingerprint density at radius 3 is 1.88 bits per heavy atom. The van der Waals surface area contributed by atoms with Crippen LogP contribution in [0.2, 0.25) is 0 Å². The molecule has 1 nitrogen and oxygen atoms in total. The molecule has 0 aromatic heterocycles. The predicted molar refractivity (Wildman–Crippen MR) is 137 cm³/mol. The van der Waals surface area contributed by atoms with Crippen LogP contribution in [0, 0.1) is 6.92 Å². The molecule has 0 spiro atoms. The number of hydrogen-bond donors (Lipinski definition) is 1. The van der Waals surface area contributed by atoms with E-state index in [1.807, 2.05) is 13.0 Å². The largest absolute Gasteiger partial charge is 0.508 e. The molecule has 33 heavy (non-hydrogen) atoms. The Labute approximate surface area is 194 Å². The van der Waals surface area contributed by atoms with E-state index in [0.29, 0.717) is 5.75 Å². The summed E-state index contributed by atoms with van der Waals surface area (Å²) in [6.45, 7) is 1.95. The van der Waals surface area contributed by atoms with E-state index in [1.165, 1.54) is 50.1 Å². The van der Waals surface area contributed by atoms with Gasteiger partial charge < -0.3 is 5.11 Å². The quantitative estimate of drug-likeness (QED) is 0.303. The van der Waals surface area contributed by atoms with E-state index in [9.17, 15) is 5.11 Å². The zero-order chi connectivity index (χ0) is 22.4. The van der Waals surface area contributed by atoms with Crippen LogP contribution in [0.15, 0.2) is 109 Å². The molecule has 0 unspecified atom stereocenters. The number of phenolic OH excluding ortho intramolecular Hbond substituents is 1. The lowest BCUT2D eigenvalue weighted by atomic mass is 9.87. The second-order valence-corrected chi connectivity index (χ2v) is 8.76. The summed E-state index contributed by atoms with van der Waals surface area (Å²) in [4.78, 5) is 0. The van der Waals surface area contributed by atoms with Crippen LogP contribution >= 0.6 is 0 Å². The summed E-state index contributed by atoms with van der Waals surface area (Å²) in [5, 5.41) is 10.1. The van der Waals surface area contributed by atoms with Crippen LogP contribution < -0.4 is 0 Å². The Morgan fingerprint density at radius 2 is 1.15 bits per heavy atom. The molecule has 0 atom stereocenters. The van der Waals surface area contributed by atoms with E-state index < -0.39 is 0 Å². The molecular weight excluding hydrogens is 400 g/mol. The van der Waals surface area contributed by atoms with Crippen molar-refractivity contribution in [1.29, 1.82) is 0 Å². The smallest absolute Gasteiger partial charge is 0.118 e. The summed E-state index contributed by atoms with van der Waals surface area (Å²) in [5.41, 5.74) is 13.7. The zero-order valence-electron chi connectivity index (χ0n) is 18.5. The van der Waals surface area contributed by atoms with Gasteiger partial charge in [-0.3, -0.25) is 0 Å². The van der Waals surface area contributed by atoms with Gasteiger partial charge in [0.05, 0.1) is 0 Å². The maximum atomic E-state index is 10.1. The molecule has 1 N–H and O–H groups in total. The Bertz CT molecular complexity index is 1480. The molecule has 0 saturated carbocycles. The summed E-state index contributed by atoms with van der Waals surface area (Å²) < 4.78 is 0. The molecule has 1 aliphatic carbocycles. The van der Waals surface area contributed by atoms with Crippen LogP contribution in [0.5, 0.6) is 5.75 Å². The fourth-order valence-corrected chi connectivity index (χ4v) is 5.18. The predicted octanol–water partition coefficient (Wildman–Crippen LogP) is 8.27. The molecule has 1 aliphatic rings. The number of hydrogen-bond acceptors (Lipinski definition) is 1. The lowest BCUT2D eigenvalue weighted by Crippen LogP contribution is -1.94. The van der Waals surface area contributed by atoms with E-state index in [1.54, 1.807) is 6.07 Å². The lowest BCUT2D eigenvalue weighted by molar-refractivity contribution is 0.471. The SMILES string of the molecule is Cc1cc(-c2ccc3c(c2-c2ccccc2)Cc2c(-c4ccccc4)cccc2-3)ccc1O. The van der Waals surface area contributed by atoms with Gasteiger partial charge in [0.1, 0.15) is 5.75 Å². The van der Waals surface area contributed by atoms with Crippen molar-refractivity contribution in [2.45, 2.75) is 13.3 Å². The topological polar surface area (TPSA) is 20.2 Å². The first-order valence-corrected chi connectivity index (χ1v) is 11.4. The third kappa shape index (κ3) is 3.25. The van der Waals surface area contributed by atoms with Crippen LogP contribution in [0.4, 0.5) is 0 Å². The molecule has 0 saturated heterocycles. The Hall–Kier alpha value is -4.10. The summed E-state index contributed by atoms with van der Waals surface area (Å²) in [7, 11) is 0. The highest BCUT2D eigenvalue weighted by Gasteiger charge is 2.26. The van der Waals surface area contributed by atoms with Gasteiger partial charge in [-0.15, -0.1) is 0 Å². The van der Waals surface area contributed by atoms with E-state index in [0.717, 1.165) is 17.5 Å². The average Bonchev–Trinajstić information content (AvgIpc) is 3.25. The van der Waals surface area contributed by atoms with Gasteiger partial charge in [-0.05, 0) is 86.7 Å². The normalized spacial score (nSPS) is 11.8. The maximum absolute atomic E-state index is 10.1. The number of benzene rings is 5. The van der Waals surface area contributed by atoms with Crippen LogP contribution in [0.3, 0.4) is 0 Å². The minimum absolute atomic E-state index is 0.334. The second kappa shape index (κ2) is 7.79. The highest BCUT2D eigenvalue weighted by molar-refractivity contribution is 5.95. The molecule has 6 rings (SSSR count). The lowest BCUT2D eigenvalue weighted by Gasteiger charge is -2.16. The minimum Gasteiger partial charge on any atom is -0.508 e. The first kappa shape index (κ1) is 19.6. The maximum Gasteiger partial charge on any atom is 0.118 e. The second-order valence-electron chi connectivity index (χ2n) is 8.76. The number of rotatable bonds is 3. The third-order valence-corrected chi connectivity index (χ3v) is 6.79. The standard InChI is InChI=1S/C32H24O/c1-21-19-24(15-18-31(21)33)26-16-17-28-27-14-8-13-25(22-9-4-2-5-10-22)29(27)20-30(28)32(26)23-11-6-3-7-12-23/h2-19,33H,20H2,1H3. The molecular formula is C32H24O. The van der Waals surface area contributed by atoms with Crippen molar-refractivity contribution in [2.75, 3.05) is 0 Å². The highest BCUT2D eigenvalue weighted by Crippen LogP contribution is 2.48. The number of aryl methyl sites for hydroxylation is 1. The van der Waals surface area contributed by atoms with Crippen molar-refractivity contribution in [3.05, 3.63) is 126 Å². The van der Waals surface area contributed by atoms with Crippen LogP contribution in [-0.2, 0) is 6.42 Å². The van der Waals surface area contributed by atoms with Crippen LogP contribution in [-0.4, -0.2) is 5.11 Å². The highest BCUT2D eigenvalue weighted by atomic mass is 16.3. The van der Waals surface area contributed by atoms with Crippen molar-refractivity contribution in [3.63, 3.8) is 0 Å². The Balaban J connectivity index is 1.60. The Kier molecular flexibility index (Phi) is 4.62. The van der Waals surface area contributed by atoms with E-state index in [4.69, 9.17) is 0 Å². The molecule has 0 amide bonds. The van der Waals surface area contributed by atoms with Gasteiger partial charge in [0, 0.05) is 0 Å².